The number of nitrogens with two attached hydrogens (primary N) is 1. The van der Waals surface area contributed by atoms with E-state index in [0.29, 0.717) is 5.69 Å². The second-order valence-electron chi connectivity index (χ2n) is 4.43. The van der Waals surface area contributed by atoms with Gasteiger partial charge in [-0.05, 0) is 17.7 Å². The van der Waals surface area contributed by atoms with Crippen LogP contribution in [0.15, 0.2) is 48.7 Å². The molecule has 108 valence electrons. The van der Waals surface area contributed by atoms with Crippen LogP contribution in [0.1, 0.15) is 22.0 Å². The van der Waals surface area contributed by atoms with Crippen molar-refractivity contribution in [2.24, 2.45) is 5.73 Å². The van der Waals surface area contributed by atoms with Crippen LogP contribution in [0.3, 0.4) is 0 Å². The van der Waals surface area contributed by atoms with Crippen LogP contribution in [-0.2, 0) is 4.79 Å². The van der Waals surface area contributed by atoms with Crippen molar-refractivity contribution in [1.82, 2.24) is 4.98 Å². The number of anilines is 1. The van der Waals surface area contributed by atoms with Gasteiger partial charge in [0.2, 0.25) is 5.91 Å². The minimum Gasteiger partial charge on any atom is -0.477 e. The van der Waals surface area contributed by atoms with Crippen molar-refractivity contribution in [3.63, 3.8) is 0 Å². The molecule has 2 aromatic rings. The molecule has 6 nitrogen and oxygen atoms in total. The van der Waals surface area contributed by atoms with Gasteiger partial charge in [0.05, 0.1) is 17.8 Å². The number of amides is 1. The van der Waals surface area contributed by atoms with Crippen LogP contribution < -0.4 is 11.1 Å². The number of carboxylic acid groups (broad SMARTS) is 1. The van der Waals surface area contributed by atoms with Gasteiger partial charge < -0.3 is 16.2 Å². The number of pyridine rings is 1. The van der Waals surface area contributed by atoms with E-state index in [2.05, 4.69) is 10.3 Å². The van der Waals surface area contributed by atoms with Gasteiger partial charge in [-0.15, -0.1) is 0 Å². The summed E-state index contributed by atoms with van der Waals surface area (Å²) >= 11 is 0. The number of hydrogen-bond donors (Lipinski definition) is 3. The fraction of sp³-hybridized carbons (Fsp3) is 0.133. The van der Waals surface area contributed by atoms with Gasteiger partial charge in [0.1, 0.15) is 5.69 Å². The van der Waals surface area contributed by atoms with E-state index in [-0.39, 0.29) is 18.1 Å². The van der Waals surface area contributed by atoms with Crippen LogP contribution in [0.2, 0.25) is 0 Å². The minimum atomic E-state index is -1.11. The van der Waals surface area contributed by atoms with Crippen molar-refractivity contribution in [2.75, 3.05) is 11.9 Å². The molecule has 21 heavy (non-hydrogen) atoms. The summed E-state index contributed by atoms with van der Waals surface area (Å²) in [4.78, 5) is 26.7. The number of rotatable bonds is 5. The molecule has 1 aromatic carbocycles. The first kappa shape index (κ1) is 14.7. The maximum absolute atomic E-state index is 12.2. The average molecular weight is 285 g/mol. The first-order chi connectivity index (χ1) is 10.1. The largest absolute Gasteiger partial charge is 0.477 e. The summed E-state index contributed by atoms with van der Waals surface area (Å²) in [6.07, 6.45) is 1.31. The van der Waals surface area contributed by atoms with E-state index in [1.807, 2.05) is 30.3 Å². The van der Waals surface area contributed by atoms with Crippen molar-refractivity contribution in [3.05, 3.63) is 59.9 Å². The SMILES string of the molecule is NCC(C(=O)Nc1ccc(C(=O)O)nc1)c1ccccc1. The monoisotopic (exact) mass is 285 g/mol. The Hall–Kier alpha value is -2.73. The Morgan fingerprint density at radius 2 is 1.90 bits per heavy atom. The van der Waals surface area contributed by atoms with Gasteiger partial charge in [-0.3, -0.25) is 4.79 Å². The van der Waals surface area contributed by atoms with E-state index < -0.39 is 11.9 Å². The van der Waals surface area contributed by atoms with E-state index in [9.17, 15) is 9.59 Å². The zero-order valence-corrected chi connectivity index (χ0v) is 11.2. The predicted molar refractivity (Wildman–Crippen MR) is 78.1 cm³/mol. The molecular weight excluding hydrogens is 270 g/mol. The Kier molecular flexibility index (Phi) is 4.63. The second-order valence-corrected chi connectivity index (χ2v) is 4.43. The first-order valence-corrected chi connectivity index (χ1v) is 6.37. The molecule has 0 aliphatic rings. The lowest BCUT2D eigenvalue weighted by Gasteiger charge is -2.15. The van der Waals surface area contributed by atoms with Crippen molar-refractivity contribution >= 4 is 17.6 Å². The molecule has 6 heteroatoms. The lowest BCUT2D eigenvalue weighted by atomic mass is 9.98. The molecule has 2 rings (SSSR count). The van der Waals surface area contributed by atoms with E-state index in [0.717, 1.165) is 5.56 Å². The quantitative estimate of drug-likeness (QED) is 0.771. The van der Waals surface area contributed by atoms with E-state index in [1.54, 1.807) is 0 Å². The molecule has 1 heterocycles. The number of aromatic carboxylic acids is 1. The maximum atomic E-state index is 12.2. The molecular formula is C15H15N3O3. The Labute approximate surface area is 121 Å². The van der Waals surface area contributed by atoms with Gasteiger partial charge in [0, 0.05) is 6.54 Å². The number of carbonyl (C=O) groups excluding carboxylic acids is 1. The van der Waals surface area contributed by atoms with Crippen molar-refractivity contribution in [1.29, 1.82) is 0 Å². The molecule has 1 unspecified atom stereocenters. The number of carboxylic acids is 1. The lowest BCUT2D eigenvalue weighted by Crippen LogP contribution is -2.27. The fourth-order valence-corrected chi connectivity index (χ4v) is 1.90. The number of carbonyl (C=O) groups is 2. The molecule has 0 aliphatic carbocycles. The zero-order chi connectivity index (χ0) is 15.2. The van der Waals surface area contributed by atoms with E-state index in [1.165, 1.54) is 18.3 Å². The van der Waals surface area contributed by atoms with Crippen molar-refractivity contribution in [2.45, 2.75) is 5.92 Å². The van der Waals surface area contributed by atoms with E-state index in [4.69, 9.17) is 10.8 Å². The first-order valence-electron chi connectivity index (χ1n) is 6.37. The van der Waals surface area contributed by atoms with Gasteiger partial charge in [-0.2, -0.15) is 0 Å². The number of nitrogens with one attached hydrogen (secondary N) is 1. The Balaban J connectivity index is 2.11. The summed E-state index contributed by atoms with van der Waals surface area (Å²) in [5.41, 5.74) is 6.85. The lowest BCUT2D eigenvalue weighted by molar-refractivity contribution is -0.117. The van der Waals surface area contributed by atoms with Crippen LogP contribution in [0.5, 0.6) is 0 Å². The highest BCUT2D eigenvalue weighted by Crippen LogP contribution is 2.17. The summed E-state index contributed by atoms with van der Waals surface area (Å²) in [5.74, 6) is -1.84. The molecule has 4 N–H and O–H groups in total. The Morgan fingerprint density at radius 3 is 2.43 bits per heavy atom. The molecule has 0 bridgehead atoms. The molecule has 0 spiro atoms. The fourth-order valence-electron chi connectivity index (χ4n) is 1.90. The molecule has 0 radical (unpaired) electrons. The Morgan fingerprint density at radius 1 is 1.19 bits per heavy atom. The molecule has 0 saturated heterocycles. The number of nitrogens with zero attached hydrogens (tertiary/aromatic N) is 1. The summed E-state index contributed by atoms with van der Waals surface area (Å²) in [6.45, 7) is 0.177. The summed E-state index contributed by atoms with van der Waals surface area (Å²) in [7, 11) is 0. The standard InChI is InChI=1S/C15H15N3O3/c16-8-12(10-4-2-1-3-5-10)14(19)18-11-6-7-13(15(20)21)17-9-11/h1-7,9,12H,8,16H2,(H,18,19)(H,20,21). The maximum Gasteiger partial charge on any atom is 0.354 e. The Bertz CT molecular complexity index is 626. The highest BCUT2D eigenvalue weighted by molar-refractivity contribution is 5.96. The molecule has 1 amide bonds. The number of hydrogen-bond acceptors (Lipinski definition) is 4. The van der Waals surface area contributed by atoms with Crippen molar-refractivity contribution in [3.8, 4) is 0 Å². The normalized spacial score (nSPS) is 11.7. The van der Waals surface area contributed by atoms with Gasteiger partial charge in [-0.25, -0.2) is 9.78 Å². The third kappa shape index (κ3) is 3.64. The zero-order valence-electron chi connectivity index (χ0n) is 11.2. The van der Waals surface area contributed by atoms with Gasteiger partial charge >= 0.3 is 5.97 Å². The third-order valence-corrected chi connectivity index (χ3v) is 3.00. The van der Waals surface area contributed by atoms with Crippen LogP contribution in [0.4, 0.5) is 5.69 Å². The molecule has 0 saturated carbocycles. The molecule has 0 aliphatic heterocycles. The minimum absolute atomic E-state index is 0.0774. The van der Waals surface area contributed by atoms with Crippen LogP contribution in [-0.4, -0.2) is 28.5 Å². The summed E-state index contributed by atoms with van der Waals surface area (Å²) in [5, 5.41) is 11.4. The van der Waals surface area contributed by atoms with Gasteiger partial charge in [-0.1, -0.05) is 30.3 Å². The topological polar surface area (TPSA) is 105 Å². The van der Waals surface area contributed by atoms with Gasteiger partial charge in [0.25, 0.3) is 0 Å². The summed E-state index contributed by atoms with van der Waals surface area (Å²) < 4.78 is 0. The molecule has 0 fully saturated rings. The number of aromatic nitrogens is 1. The van der Waals surface area contributed by atoms with Crippen LogP contribution >= 0.6 is 0 Å². The summed E-state index contributed by atoms with van der Waals surface area (Å²) in [6, 6.07) is 12.0. The van der Waals surface area contributed by atoms with Crippen LogP contribution in [0, 0.1) is 0 Å². The average Bonchev–Trinajstić information content (AvgIpc) is 2.49. The van der Waals surface area contributed by atoms with Crippen molar-refractivity contribution < 1.29 is 14.7 Å². The molecule has 1 aromatic heterocycles. The second kappa shape index (κ2) is 6.62. The smallest absolute Gasteiger partial charge is 0.354 e. The van der Waals surface area contributed by atoms with E-state index >= 15 is 0 Å². The highest BCUT2D eigenvalue weighted by atomic mass is 16.4. The predicted octanol–water partition coefficient (Wildman–Crippen LogP) is 1.46. The van der Waals surface area contributed by atoms with Crippen LogP contribution in [0.25, 0.3) is 0 Å². The van der Waals surface area contributed by atoms with Gasteiger partial charge in [0.15, 0.2) is 0 Å². The number of benzene rings is 1. The third-order valence-electron chi connectivity index (χ3n) is 3.00. The highest BCUT2D eigenvalue weighted by Gasteiger charge is 2.19. The molecule has 1 atom stereocenters.